The molecule has 102 valence electrons. The van der Waals surface area contributed by atoms with Crippen molar-refractivity contribution in [2.45, 2.75) is 32.6 Å². The third-order valence-electron chi connectivity index (χ3n) is 4.06. The standard InChI is InChI=1S/C14H31N3/c1-5-14(8-6-9-15-12-14)13-17(4)11-7-10-16(2)3/h15H,5-13H2,1-4H3. The predicted molar refractivity (Wildman–Crippen MR) is 75.5 cm³/mol. The molecule has 17 heavy (non-hydrogen) atoms. The molecule has 0 aliphatic carbocycles. The van der Waals surface area contributed by atoms with Gasteiger partial charge in [0.2, 0.25) is 0 Å². The first-order chi connectivity index (χ1) is 8.08. The Hall–Kier alpha value is -0.120. The highest BCUT2D eigenvalue weighted by Crippen LogP contribution is 2.30. The molecule has 0 aromatic heterocycles. The lowest BCUT2D eigenvalue weighted by Crippen LogP contribution is -2.46. The largest absolute Gasteiger partial charge is 0.316 e. The molecule has 1 rings (SSSR count). The van der Waals surface area contributed by atoms with Crippen LogP contribution < -0.4 is 5.32 Å². The van der Waals surface area contributed by atoms with E-state index in [4.69, 9.17) is 0 Å². The van der Waals surface area contributed by atoms with Crippen LogP contribution in [0.3, 0.4) is 0 Å². The molecule has 1 atom stereocenters. The van der Waals surface area contributed by atoms with Crippen LogP contribution in [0.1, 0.15) is 32.6 Å². The molecule has 0 bridgehead atoms. The topological polar surface area (TPSA) is 18.5 Å². The first kappa shape index (κ1) is 14.9. The maximum absolute atomic E-state index is 3.57. The van der Waals surface area contributed by atoms with Crippen LogP contribution in [0, 0.1) is 5.41 Å². The van der Waals surface area contributed by atoms with E-state index in [0.29, 0.717) is 5.41 Å². The molecule has 0 saturated carbocycles. The average molecular weight is 241 g/mol. The molecule has 0 spiro atoms. The van der Waals surface area contributed by atoms with E-state index in [1.54, 1.807) is 0 Å². The molecule has 1 unspecified atom stereocenters. The van der Waals surface area contributed by atoms with Gasteiger partial charge in [-0.05, 0) is 71.9 Å². The van der Waals surface area contributed by atoms with Crippen molar-refractivity contribution in [1.82, 2.24) is 15.1 Å². The van der Waals surface area contributed by atoms with Gasteiger partial charge in [-0.3, -0.25) is 0 Å². The minimum atomic E-state index is 0.533. The molecule has 1 N–H and O–H groups in total. The fraction of sp³-hybridized carbons (Fsp3) is 1.00. The Labute approximate surface area is 108 Å². The van der Waals surface area contributed by atoms with Crippen LogP contribution in [0.25, 0.3) is 0 Å². The van der Waals surface area contributed by atoms with E-state index in [0.717, 1.165) is 0 Å². The summed E-state index contributed by atoms with van der Waals surface area (Å²) in [4.78, 5) is 4.80. The van der Waals surface area contributed by atoms with Gasteiger partial charge >= 0.3 is 0 Å². The molecular formula is C14H31N3. The van der Waals surface area contributed by atoms with Gasteiger partial charge in [0.15, 0.2) is 0 Å². The Balaban J connectivity index is 2.29. The number of nitrogens with one attached hydrogen (secondary N) is 1. The Morgan fingerprint density at radius 2 is 1.94 bits per heavy atom. The Morgan fingerprint density at radius 3 is 2.47 bits per heavy atom. The maximum atomic E-state index is 3.57. The normalized spacial score (nSPS) is 25.8. The smallest absolute Gasteiger partial charge is 0.00470 e. The predicted octanol–water partition coefficient (Wildman–Crippen LogP) is 1.65. The Kier molecular flexibility index (Phi) is 6.45. The van der Waals surface area contributed by atoms with Crippen LogP contribution in [-0.2, 0) is 0 Å². The summed E-state index contributed by atoms with van der Waals surface area (Å²) in [6.07, 6.45) is 5.32. The zero-order chi connectivity index (χ0) is 12.7. The first-order valence-electron chi connectivity index (χ1n) is 7.12. The van der Waals surface area contributed by atoms with E-state index in [1.807, 2.05) is 0 Å². The second-order valence-corrected chi connectivity index (χ2v) is 6.03. The van der Waals surface area contributed by atoms with E-state index in [-0.39, 0.29) is 0 Å². The van der Waals surface area contributed by atoms with Crippen molar-refractivity contribution in [1.29, 1.82) is 0 Å². The van der Waals surface area contributed by atoms with E-state index in [1.165, 1.54) is 58.4 Å². The van der Waals surface area contributed by atoms with Crippen LogP contribution in [0.5, 0.6) is 0 Å². The lowest BCUT2D eigenvalue weighted by molar-refractivity contribution is 0.126. The summed E-state index contributed by atoms with van der Waals surface area (Å²) in [6.45, 7) is 8.44. The summed E-state index contributed by atoms with van der Waals surface area (Å²) >= 11 is 0. The Morgan fingerprint density at radius 1 is 1.18 bits per heavy atom. The highest BCUT2D eigenvalue weighted by atomic mass is 15.1. The molecule has 0 aromatic carbocycles. The summed E-state index contributed by atoms with van der Waals surface area (Å²) in [5.41, 5.74) is 0.533. The molecule has 1 aliphatic heterocycles. The zero-order valence-corrected chi connectivity index (χ0v) is 12.3. The summed E-state index contributed by atoms with van der Waals surface area (Å²) in [5.74, 6) is 0. The number of hydrogen-bond acceptors (Lipinski definition) is 3. The van der Waals surface area contributed by atoms with Crippen LogP contribution in [-0.4, -0.2) is 63.7 Å². The SMILES string of the molecule is CCC1(CN(C)CCCN(C)C)CCCNC1. The number of piperidine rings is 1. The third-order valence-corrected chi connectivity index (χ3v) is 4.06. The van der Waals surface area contributed by atoms with Gasteiger partial charge in [-0.2, -0.15) is 0 Å². The molecule has 3 nitrogen and oxygen atoms in total. The van der Waals surface area contributed by atoms with Crippen LogP contribution in [0.15, 0.2) is 0 Å². The van der Waals surface area contributed by atoms with Gasteiger partial charge in [0.1, 0.15) is 0 Å². The van der Waals surface area contributed by atoms with Crippen molar-refractivity contribution in [3.05, 3.63) is 0 Å². The van der Waals surface area contributed by atoms with E-state index in [9.17, 15) is 0 Å². The van der Waals surface area contributed by atoms with Crippen molar-refractivity contribution < 1.29 is 0 Å². The maximum Gasteiger partial charge on any atom is 0.00470 e. The van der Waals surface area contributed by atoms with Gasteiger partial charge in [-0.1, -0.05) is 6.92 Å². The van der Waals surface area contributed by atoms with Gasteiger partial charge in [-0.15, -0.1) is 0 Å². The molecule has 0 radical (unpaired) electrons. The summed E-state index contributed by atoms with van der Waals surface area (Å²) in [5, 5.41) is 3.57. The molecular weight excluding hydrogens is 210 g/mol. The van der Waals surface area contributed by atoms with Crippen molar-refractivity contribution in [3.63, 3.8) is 0 Å². The Bertz CT molecular complexity index is 198. The molecule has 3 heteroatoms. The van der Waals surface area contributed by atoms with Gasteiger partial charge in [0, 0.05) is 13.1 Å². The van der Waals surface area contributed by atoms with Crippen molar-refractivity contribution >= 4 is 0 Å². The molecule has 1 aliphatic rings. The van der Waals surface area contributed by atoms with Crippen molar-refractivity contribution in [3.8, 4) is 0 Å². The van der Waals surface area contributed by atoms with Gasteiger partial charge in [0.05, 0.1) is 0 Å². The summed E-state index contributed by atoms with van der Waals surface area (Å²) in [7, 11) is 6.58. The molecule has 0 amide bonds. The zero-order valence-electron chi connectivity index (χ0n) is 12.3. The summed E-state index contributed by atoms with van der Waals surface area (Å²) < 4.78 is 0. The van der Waals surface area contributed by atoms with Gasteiger partial charge in [0.25, 0.3) is 0 Å². The van der Waals surface area contributed by atoms with Gasteiger partial charge in [-0.25, -0.2) is 0 Å². The number of hydrogen-bond donors (Lipinski definition) is 1. The molecule has 1 heterocycles. The fourth-order valence-corrected chi connectivity index (χ4v) is 2.89. The van der Waals surface area contributed by atoms with E-state index < -0.39 is 0 Å². The first-order valence-corrected chi connectivity index (χ1v) is 7.12. The van der Waals surface area contributed by atoms with Crippen LogP contribution in [0.4, 0.5) is 0 Å². The number of nitrogens with zero attached hydrogens (tertiary/aromatic N) is 2. The van der Waals surface area contributed by atoms with E-state index >= 15 is 0 Å². The highest BCUT2D eigenvalue weighted by molar-refractivity contribution is 4.86. The lowest BCUT2D eigenvalue weighted by Gasteiger charge is -2.40. The second kappa shape index (κ2) is 7.34. The van der Waals surface area contributed by atoms with Crippen LogP contribution >= 0.6 is 0 Å². The summed E-state index contributed by atoms with van der Waals surface area (Å²) in [6, 6.07) is 0. The fourth-order valence-electron chi connectivity index (χ4n) is 2.89. The average Bonchev–Trinajstić information content (AvgIpc) is 2.29. The monoisotopic (exact) mass is 241 g/mol. The van der Waals surface area contributed by atoms with Gasteiger partial charge < -0.3 is 15.1 Å². The molecule has 1 saturated heterocycles. The highest BCUT2D eigenvalue weighted by Gasteiger charge is 2.30. The van der Waals surface area contributed by atoms with Crippen molar-refractivity contribution in [2.75, 3.05) is 53.9 Å². The minimum absolute atomic E-state index is 0.533. The van der Waals surface area contributed by atoms with Crippen molar-refractivity contribution in [2.24, 2.45) is 5.41 Å². The van der Waals surface area contributed by atoms with E-state index in [2.05, 4.69) is 43.2 Å². The minimum Gasteiger partial charge on any atom is -0.316 e. The lowest BCUT2D eigenvalue weighted by atomic mass is 9.78. The third kappa shape index (κ3) is 5.36. The molecule has 1 fully saturated rings. The number of rotatable bonds is 7. The molecule has 0 aromatic rings. The quantitative estimate of drug-likeness (QED) is 0.731. The second-order valence-electron chi connectivity index (χ2n) is 6.03. The van der Waals surface area contributed by atoms with Crippen LogP contribution in [0.2, 0.25) is 0 Å².